The van der Waals surface area contributed by atoms with Crippen LogP contribution in [0.5, 0.6) is 0 Å². The fraction of sp³-hybridized carbons (Fsp3) is 0.321. The highest BCUT2D eigenvalue weighted by molar-refractivity contribution is 7.10. The SMILES string of the molecule is O=C(Nc1ccc(CN2CCCC2)c(C(F)(F)F)c1)c1csc2c1CCN(C(=O)c1cnc3ccccn13)C2. The first-order valence-electron chi connectivity index (χ1n) is 12.8. The number of rotatable bonds is 5. The van der Waals surface area contributed by atoms with Gasteiger partial charge in [-0.1, -0.05) is 12.1 Å². The molecule has 11 heteroatoms. The Labute approximate surface area is 226 Å². The van der Waals surface area contributed by atoms with Gasteiger partial charge in [-0.15, -0.1) is 11.3 Å². The Morgan fingerprint density at radius 1 is 1.08 bits per heavy atom. The van der Waals surface area contributed by atoms with Crippen molar-refractivity contribution in [3.8, 4) is 0 Å². The number of pyridine rings is 1. The van der Waals surface area contributed by atoms with Gasteiger partial charge in [-0.25, -0.2) is 4.98 Å². The molecule has 5 heterocycles. The standard InChI is InChI=1S/C28H26F3N5O2S/c29-28(30,31)22-13-19(7-6-18(22)15-34-9-3-4-10-34)33-26(37)21-17-39-24-16-35(12-8-20(21)24)27(38)23-14-32-25-5-1-2-11-36(23)25/h1-2,5-7,11,13-14,17H,3-4,8-10,12,15-16H2,(H,33,37). The molecule has 1 N–H and O–H groups in total. The summed E-state index contributed by atoms with van der Waals surface area (Å²) < 4.78 is 43.3. The number of thiophene rings is 1. The molecule has 4 aromatic rings. The van der Waals surface area contributed by atoms with E-state index in [-0.39, 0.29) is 23.7 Å². The summed E-state index contributed by atoms with van der Waals surface area (Å²) in [6, 6.07) is 9.54. The van der Waals surface area contributed by atoms with Crippen LogP contribution in [-0.4, -0.2) is 50.6 Å². The average Bonchev–Trinajstić information content (AvgIpc) is 3.68. The number of carbonyl (C=O) groups is 2. The second kappa shape index (κ2) is 10.1. The molecule has 1 fully saturated rings. The van der Waals surface area contributed by atoms with Gasteiger partial charge in [-0.05, 0) is 67.7 Å². The third kappa shape index (κ3) is 5.04. The van der Waals surface area contributed by atoms with E-state index in [9.17, 15) is 22.8 Å². The lowest BCUT2D eigenvalue weighted by molar-refractivity contribution is -0.138. The molecule has 39 heavy (non-hydrogen) atoms. The monoisotopic (exact) mass is 553 g/mol. The van der Waals surface area contributed by atoms with Crippen molar-refractivity contribution in [1.82, 2.24) is 19.2 Å². The van der Waals surface area contributed by atoms with Crippen LogP contribution in [0.3, 0.4) is 0 Å². The fourth-order valence-corrected chi connectivity index (χ4v) is 6.48. The topological polar surface area (TPSA) is 70.0 Å². The normalized spacial score (nSPS) is 16.0. The molecule has 0 atom stereocenters. The van der Waals surface area contributed by atoms with Gasteiger partial charge >= 0.3 is 6.18 Å². The first-order valence-corrected chi connectivity index (χ1v) is 13.7. The third-order valence-electron chi connectivity index (χ3n) is 7.38. The Bertz CT molecular complexity index is 1550. The minimum atomic E-state index is -4.52. The van der Waals surface area contributed by atoms with Crippen molar-refractivity contribution in [2.45, 2.75) is 38.5 Å². The first-order chi connectivity index (χ1) is 18.8. The zero-order valence-electron chi connectivity index (χ0n) is 21.0. The molecule has 2 aliphatic rings. The predicted molar refractivity (Wildman–Crippen MR) is 142 cm³/mol. The zero-order chi connectivity index (χ0) is 27.1. The van der Waals surface area contributed by atoms with E-state index < -0.39 is 17.6 Å². The number of hydrogen-bond acceptors (Lipinski definition) is 5. The summed E-state index contributed by atoms with van der Waals surface area (Å²) in [5, 5.41) is 4.38. The minimum absolute atomic E-state index is 0.109. The Balaban J connectivity index is 1.18. The number of anilines is 1. The molecule has 0 saturated carbocycles. The van der Waals surface area contributed by atoms with Crippen molar-refractivity contribution in [1.29, 1.82) is 0 Å². The summed E-state index contributed by atoms with van der Waals surface area (Å²) in [5.41, 5.74) is 2.03. The molecule has 1 aromatic carbocycles. The van der Waals surface area contributed by atoms with Crippen LogP contribution in [0, 0.1) is 0 Å². The van der Waals surface area contributed by atoms with Crippen LogP contribution in [-0.2, 0) is 25.7 Å². The Morgan fingerprint density at radius 2 is 1.90 bits per heavy atom. The maximum Gasteiger partial charge on any atom is 0.416 e. The van der Waals surface area contributed by atoms with Crippen LogP contribution in [0.15, 0.2) is 54.2 Å². The van der Waals surface area contributed by atoms with Gasteiger partial charge in [0.2, 0.25) is 0 Å². The number of imidazole rings is 1. The molecule has 1 saturated heterocycles. The maximum atomic E-state index is 13.9. The number of hydrogen-bond donors (Lipinski definition) is 1. The van der Waals surface area contributed by atoms with Crippen molar-refractivity contribution in [2.24, 2.45) is 0 Å². The predicted octanol–water partition coefficient (Wildman–Crippen LogP) is 5.46. The van der Waals surface area contributed by atoms with Crippen molar-refractivity contribution in [2.75, 3.05) is 25.0 Å². The number of amides is 2. The molecule has 0 aliphatic carbocycles. The molecular formula is C28H26F3N5O2S. The van der Waals surface area contributed by atoms with Crippen LogP contribution in [0.25, 0.3) is 5.65 Å². The second-order valence-corrected chi connectivity index (χ2v) is 10.9. The number of nitrogens with zero attached hydrogens (tertiary/aromatic N) is 4. The van der Waals surface area contributed by atoms with Crippen molar-refractivity contribution in [3.05, 3.63) is 87.0 Å². The number of benzene rings is 1. The molecule has 2 aliphatic heterocycles. The van der Waals surface area contributed by atoms with Gasteiger partial charge in [0.15, 0.2) is 0 Å². The second-order valence-electron chi connectivity index (χ2n) is 9.91. The van der Waals surface area contributed by atoms with Crippen molar-refractivity contribution >= 4 is 34.5 Å². The van der Waals surface area contributed by atoms with E-state index in [1.165, 1.54) is 23.5 Å². The summed E-state index contributed by atoms with van der Waals surface area (Å²) in [5.74, 6) is -0.595. The van der Waals surface area contributed by atoms with Crippen LogP contribution < -0.4 is 5.32 Å². The minimum Gasteiger partial charge on any atom is -0.332 e. The molecule has 6 rings (SSSR count). The highest BCUT2D eigenvalue weighted by Crippen LogP contribution is 2.35. The molecule has 202 valence electrons. The smallest absolute Gasteiger partial charge is 0.332 e. The molecule has 0 unspecified atom stereocenters. The number of likely N-dealkylation sites (tertiary alicyclic amines) is 1. The summed E-state index contributed by atoms with van der Waals surface area (Å²) >= 11 is 1.38. The number of halogens is 3. The van der Waals surface area contributed by atoms with Gasteiger partial charge in [0, 0.05) is 35.2 Å². The lowest BCUT2D eigenvalue weighted by Gasteiger charge is -2.27. The van der Waals surface area contributed by atoms with E-state index in [1.54, 1.807) is 27.1 Å². The lowest BCUT2D eigenvalue weighted by atomic mass is 10.0. The van der Waals surface area contributed by atoms with E-state index in [2.05, 4.69) is 10.3 Å². The van der Waals surface area contributed by atoms with Gasteiger partial charge in [0.25, 0.3) is 11.8 Å². The molecule has 0 radical (unpaired) electrons. The van der Waals surface area contributed by atoms with Crippen LogP contribution in [0.4, 0.5) is 18.9 Å². The Morgan fingerprint density at radius 3 is 2.69 bits per heavy atom. The highest BCUT2D eigenvalue weighted by Gasteiger charge is 2.34. The molecule has 0 bridgehead atoms. The Hall–Kier alpha value is -3.70. The van der Waals surface area contributed by atoms with Gasteiger partial charge in [0.05, 0.1) is 23.9 Å². The van der Waals surface area contributed by atoms with Gasteiger partial charge in [0.1, 0.15) is 11.3 Å². The summed E-state index contributed by atoms with van der Waals surface area (Å²) in [7, 11) is 0. The summed E-state index contributed by atoms with van der Waals surface area (Å²) in [6.45, 7) is 2.61. The molecule has 0 spiro atoms. The molecule has 7 nitrogen and oxygen atoms in total. The van der Waals surface area contributed by atoms with E-state index in [0.29, 0.717) is 36.4 Å². The summed E-state index contributed by atoms with van der Waals surface area (Å²) in [4.78, 5) is 35.3. The molecule has 3 aromatic heterocycles. The van der Waals surface area contributed by atoms with Crippen LogP contribution >= 0.6 is 11.3 Å². The molecule has 2 amide bonds. The quantitative estimate of drug-likeness (QED) is 0.356. The van der Waals surface area contributed by atoms with Crippen molar-refractivity contribution in [3.63, 3.8) is 0 Å². The maximum absolute atomic E-state index is 13.9. The number of aromatic nitrogens is 2. The highest BCUT2D eigenvalue weighted by atomic mass is 32.1. The first kappa shape index (κ1) is 25.6. The van der Waals surface area contributed by atoms with Crippen molar-refractivity contribution < 1.29 is 22.8 Å². The molecular weight excluding hydrogens is 527 g/mol. The average molecular weight is 554 g/mol. The van der Waals surface area contributed by atoms with Crippen LogP contribution in [0.2, 0.25) is 0 Å². The van der Waals surface area contributed by atoms with E-state index in [0.717, 1.165) is 42.4 Å². The fourth-order valence-electron chi connectivity index (χ4n) is 5.38. The lowest BCUT2D eigenvalue weighted by Crippen LogP contribution is -2.36. The number of nitrogens with one attached hydrogen (secondary N) is 1. The van der Waals surface area contributed by atoms with E-state index in [4.69, 9.17) is 0 Å². The summed E-state index contributed by atoms with van der Waals surface area (Å²) in [6.07, 6.45) is 1.30. The van der Waals surface area contributed by atoms with Gasteiger partial charge in [-0.2, -0.15) is 13.2 Å². The largest absolute Gasteiger partial charge is 0.416 e. The van der Waals surface area contributed by atoms with Gasteiger partial charge < -0.3 is 10.2 Å². The van der Waals surface area contributed by atoms with Gasteiger partial charge in [-0.3, -0.25) is 18.9 Å². The van der Waals surface area contributed by atoms with E-state index >= 15 is 0 Å². The van der Waals surface area contributed by atoms with Crippen LogP contribution in [0.1, 0.15) is 55.3 Å². The Kier molecular flexibility index (Phi) is 6.64. The third-order valence-corrected chi connectivity index (χ3v) is 8.39. The number of fused-ring (bicyclic) bond motifs is 2. The van der Waals surface area contributed by atoms with E-state index in [1.807, 2.05) is 23.1 Å². The number of alkyl halides is 3. The number of carbonyl (C=O) groups excluding carboxylic acids is 2. The zero-order valence-corrected chi connectivity index (χ0v) is 21.8.